The number of hydrogen-bond acceptors (Lipinski definition) is 7. The van der Waals surface area contributed by atoms with Crippen molar-refractivity contribution >= 4 is 17.8 Å². The van der Waals surface area contributed by atoms with E-state index >= 15 is 0 Å². The third-order valence-electron chi connectivity index (χ3n) is 6.00. The number of hydrogen-bond donors (Lipinski definition) is 1. The Hall–Kier alpha value is 0.0700. The molecule has 0 atom stereocenters. The zero-order chi connectivity index (χ0) is 26.7. The minimum atomic E-state index is -1.14. The molecule has 0 fully saturated rings. The minimum Gasteiger partial charge on any atom is -0.862 e. The summed E-state index contributed by atoms with van der Waals surface area (Å²) in [5.74, 6) is -2.17. The van der Waals surface area contributed by atoms with Gasteiger partial charge in [-0.2, -0.15) is 0 Å². The normalized spacial score (nSPS) is 11.5. The maximum Gasteiger partial charge on any atom is 1.00 e. The SMILES string of the molecule is CCCCCCCCC=CCCCCCCCC([O-])=NCCN(CCOCCC(=O)O)CCC(=O)[O-].[Na+].[Na+]. The number of nitrogens with zero attached hydrogens (tertiary/aromatic N) is 2. The molecule has 1 N–H and O–H groups in total. The van der Waals surface area contributed by atoms with Gasteiger partial charge in [-0.25, -0.2) is 0 Å². The maximum atomic E-state index is 12.0. The summed E-state index contributed by atoms with van der Waals surface area (Å²) in [5.41, 5.74) is 0. The first-order chi connectivity index (χ1) is 17.5. The van der Waals surface area contributed by atoms with Gasteiger partial charge in [0, 0.05) is 25.6 Å². The van der Waals surface area contributed by atoms with Crippen LogP contribution in [0.25, 0.3) is 0 Å². The maximum absolute atomic E-state index is 12.0. The average Bonchev–Trinajstić information content (AvgIpc) is 2.84. The van der Waals surface area contributed by atoms with Crippen molar-refractivity contribution in [2.45, 2.75) is 110 Å². The summed E-state index contributed by atoms with van der Waals surface area (Å²) in [5, 5.41) is 31.4. The van der Waals surface area contributed by atoms with Gasteiger partial charge in [-0.15, -0.1) is 0 Å². The van der Waals surface area contributed by atoms with E-state index in [1.54, 1.807) is 0 Å². The van der Waals surface area contributed by atoms with Crippen molar-refractivity contribution in [3.63, 3.8) is 0 Å². The molecule has 0 aliphatic rings. The number of rotatable bonds is 27. The van der Waals surface area contributed by atoms with Crippen molar-refractivity contribution in [1.29, 1.82) is 0 Å². The standard InChI is InChI=1S/C28H52N2O6.2Na/c1-2-3-4-5-6-7-8-9-10-11-12-13-14-15-16-17-26(31)29-20-22-30(21-18-27(32)33)23-25-36-24-19-28(34)35;;/h9-10H,2-8,11-25H2,1H3,(H,29,31)(H,32,33)(H,34,35);;/q;2*+1/p-2. The van der Waals surface area contributed by atoms with Crippen LogP contribution in [-0.4, -0.2) is 67.2 Å². The number of ether oxygens (including phenoxy) is 1. The molecule has 0 unspecified atom stereocenters. The Labute approximate surface area is 275 Å². The summed E-state index contributed by atoms with van der Waals surface area (Å²) >= 11 is 0. The van der Waals surface area contributed by atoms with Crippen LogP contribution in [0.5, 0.6) is 0 Å². The van der Waals surface area contributed by atoms with Gasteiger partial charge in [0.05, 0.1) is 26.2 Å². The number of aliphatic carboxylic acids is 2. The molecule has 10 heteroatoms. The molecule has 0 aromatic heterocycles. The fourth-order valence-corrected chi connectivity index (χ4v) is 3.78. The van der Waals surface area contributed by atoms with Gasteiger partial charge >= 0.3 is 65.1 Å². The minimum absolute atomic E-state index is 0. The zero-order valence-electron chi connectivity index (χ0n) is 24.6. The molecule has 0 aliphatic heterocycles. The molecule has 38 heavy (non-hydrogen) atoms. The van der Waals surface area contributed by atoms with Gasteiger partial charge in [-0.05, 0) is 50.8 Å². The smallest absolute Gasteiger partial charge is 0.862 e. The quantitative estimate of drug-likeness (QED) is 0.0398. The van der Waals surface area contributed by atoms with E-state index < -0.39 is 11.9 Å². The number of carbonyl (C=O) groups is 2. The Morgan fingerprint density at radius 2 is 1.34 bits per heavy atom. The van der Waals surface area contributed by atoms with E-state index in [0.29, 0.717) is 32.7 Å². The summed E-state index contributed by atoms with van der Waals surface area (Å²) in [4.78, 5) is 27.2. The molecule has 0 aliphatic carbocycles. The molecule has 0 rings (SSSR count). The van der Waals surface area contributed by atoms with Gasteiger partial charge in [-0.3, -0.25) is 9.69 Å². The van der Waals surface area contributed by atoms with Gasteiger partial charge < -0.3 is 29.8 Å². The number of carboxylic acids is 2. The van der Waals surface area contributed by atoms with E-state index in [2.05, 4.69) is 24.1 Å². The Morgan fingerprint density at radius 1 is 0.763 bits per heavy atom. The van der Waals surface area contributed by atoms with Crippen LogP contribution in [-0.2, 0) is 14.3 Å². The predicted octanol–water partition coefficient (Wildman–Crippen LogP) is -2.28. The molecule has 8 nitrogen and oxygen atoms in total. The van der Waals surface area contributed by atoms with Crippen molar-refractivity contribution in [2.75, 3.05) is 39.4 Å². The number of allylic oxidation sites excluding steroid dienone is 2. The van der Waals surface area contributed by atoms with E-state index in [0.717, 1.165) is 25.7 Å². The van der Waals surface area contributed by atoms with Crippen molar-refractivity contribution in [3.8, 4) is 0 Å². The zero-order valence-corrected chi connectivity index (χ0v) is 28.6. The molecule has 0 radical (unpaired) electrons. The largest absolute Gasteiger partial charge is 1.00 e. The summed E-state index contributed by atoms with van der Waals surface area (Å²) in [6.07, 6.45) is 20.7. The van der Waals surface area contributed by atoms with Gasteiger partial charge in [0.25, 0.3) is 0 Å². The molecular formula is C28H50N2Na2O6. The van der Waals surface area contributed by atoms with Crippen LogP contribution in [0.3, 0.4) is 0 Å². The van der Waals surface area contributed by atoms with E-state index in [4.69, 9.17) is 9.84 Å². The van der Waals surface area contributed by atoms with Crippen LogP contribution in [0.2, 0.25) is 0 Å². The van der Waals surface area contributed by atoms with Crippen LogP contribution >= 0.6 is 0 Å². The molecule has 0 heterocycles. The summed E-state index contributed by atoms with van der Waals surface area (Å²) in [6.45, 7) is 4.15. The van der Waals surface area contributed by atoms with Crippen molar-refractivity contribution < 1.29 is 88.8 Å². The van der Waals surface area contributed by atoms with Crippen LogP contribution < -0.4 is 69.3 Å². The number of aliphatic imine (C=N–C) groups is 1. The number of carboxylic acid groups (broad SMARTS) is 2. The molecule has 210 valence electrons. The molecule has 0 aromatic rings. The second-order valence-corrected chi connectivity index (χ2v) is 9.33. The van der Waals surface area contributed by atoms with E-state index in [1.807, 2.05) is 4.90 Å². The molecule has 0 saturated carbocycles. The molecule has 0 spiro atoms. The second-order valence-electron chi connectivity index (χ2n) is 9.33. The molecular weight excluding hydrogens is 506 g/mol. The first kappa shape index (κ1) is 42.5. The van der Waals surface area contributed by atoms with E-state index in [9.17, 15) is 19.8 Å². The third kappa shape index (κ3) is 34.1. The summed E-state index contributed by atoms with van der Waals surface area (Å²) < 4.78 is 5.26. The van der Waals surface area contributed by atoms with Crippen molar-refractivity contribution in [3.05, 3.63) is 12.2 Å². The predicted molar refractivity (Wildman–Crippen MR) is 141 cm³/mol. The van der Waals surface area contributed by atoms with Gasteiger partial charge in [-0.1, -0.05) is 70.4 Å². The van der Waals surface area contributed by atoms with Crippen molar-refractivity contribution in [1.82, 2.24) is 4.90 Å². The Bertz CT molecular complexity index is 606. The van der Waals surface area contributed by atoms with Crippen LogP contribution in [0, 0.1) is 0 Å². The van der Waals surface area contributed by atoms with E-state index in [1.165, 1.54) is 57.8 Å². The van der Waals surface area contributed by atoms with Crippen LogP contribution in [0.15, 0.2) is 17.1 Å². The van der Waals surface area contributed by atoms with Crippen LogP contribution in [0.1, 0.15) is 110 Å². The molecule has 0 saturated heterocycles. The van der Waals surface area contributed by atoms with E-state index in [-0.39, 0.29) is 91.0 Å². The third-order valence-corrected chi connectivity index (χ3v) is 6.00. The Balaban J connectivity index is -0.00000612. The van der Waals surface area contributed by atoms with Gasteiger partial charge in [0.1, 0.15) is 0 Å². The number of unbranched alkanes of at least 4 members (excludes halogenated alkanes) is 11. The molecule has 0 aromatic carbocycles. The monoisotopic (exact) mass is 556 g/mol. The Morgan fingerprint density at radius 3 is 1.92 bits per heavy atom. The second kappa shape index (κ2) is 33.3. The Kier molecular flexibility index (Phi) is 37.2. The van der Waals surface area contributed by atoms with Crippen molar-refractivity contribution in [2.24, 2.45) is 4.99 Å². The first-order valence-corrected chi connectivity index (χ1v) is 14.0. The molecule has 0 bridgehead atoms. The fraction of sp³-hybridized carbons (Fsp3) is 0.821. The summed E-state index contributed by atoms with van der Waals surface area (Å²) in [7, 11) is 0. The van der Waals surface area contributed by atoms with Gasteiger partial charge in [0.15, 0.2) is 0 Å². The van der Waals surface area contributed by atoms with Crippen LogP contribution in [0.4, 0.5) is 0 Å². The molecule has 0 amide bonds. The topological polar surface area (TPSA) is 125 Å². The number of carbonyl (C=O) groups excluding carboxylic acids is 1. The average molecular weight is 557 g/mol. The first-order valence-electron chi connectivity index (χ1n) is 14.0. The summed E-state index contributed by atoms with van der Waals surface area (Å²) in [6, 6.07) is 0. The fourth-order valence-electron chi connectivity index (χ4n) is 3.78. The van der Waals surface area contributed by atoms with Gasteiger partial charge in [0.2, 0.25) is 0 Å².